The maximum absolute atomic E-state index is 13.0. The van der Waals surface area contributed by atoms with Gasteiger partial charge in [0.25, 0.3) is 0 Å². The van der Waals surface area contributed by atoms with Crippen molar-refractivity contribution in [3.05, 3.63) is 65.7 Å². The molecule has 2 aromatic rings. The average Bonchev–Trinajstić information content (AvgIpc) is 3.44. The minimum absolute atomic E-state index is 0.0360. The molecule has 6 heteroatoms. The topological polar surface area (TPSA) is 74.7 Å². The highest BCUT2D eigenvalue weighted by Crippen LogP contribution is 2.33. The van der Waals surface area contributed by atoms with Crippen LogP contribution in [0.4, 0.5) is 0 Å². The van der Waals surface area contributed by atoms with Gasteiger partial charge in [-0.1, -0.05) is 42.5 Å². The predicted octanol–water partition coefficient (Wildman–Crippen LogP) is 3.06. The fourth-order valence-corrected chi connectivity index (χ4v) is 4.42. The first kappa shape index (κ1) is 17.6. The molecule has 1 fully saturated rings. The lowest BCUT2D eigenvalue weighted by Crippen LogP contribution is -2.32. The standard InChI is InChI=1S/C19H21NO4S/c21-19(22)13-8-15-6-11-18(12-7-15)25(23,24)20(17-9-10-17)14-16-4-2-1-3-5-16/h1-7,11-12,17H,8-10,13-14H2,(H,21,22). The van der Waals surface area contributed by atoms with Crippen LogP contribution in [-0.4, -0.2) is 29.8 Å². The summed E-state index contributed by atoms with van der Waals surface area (Å²) in [6.45, 7) is 0.370. The van der Waals surface area contributed by atoms with E-state index >= 15 is 0 Å². The van der Waals surface area contributed by atoms with Crippen LogP contribution in [0.1, 0.15) is 30.4 Å². The van der Waals surface area contributed by atoms with E-state index in [0.29, 0.717) is 13.0 Å². The lowest BCUT2D eigenvalue weighted by Gasteiger charge is -2.22. The number of carboxylic acid groups (broad SMARTS) is 1. The number of carbonyl (C=O) groups is 1. The van der Waals surface area contributed by atoms with E-state index in [-0.39, 0.29) is 17.4 Å². The summed E-state index contributed by atoms with van der Waals surface area (Å²) in [5.41, 5.74) is 1.79. The summed E-state index contributed by atoms with van der Waals surface area (Å²) in [6.07, 6.45) is 2.21. The SMILES string of the molecule is O=C(O)CCc1ccc(S(=O)(=O)N(Cc2ccccc2)C2CC2)cc1. The molecule has 0 aliphatic heterocycles. The molecule has 1 aliphatic carbocycles. The Labute approximate surface area is 148 Å². The number of carboxylic acids is 1. The van der Waals surface area contributed by atoms with Gasteiger partial charge in [0.1, 0.15) is 0 Å². The van der Waals surface area contributed by atoms with E-state index in [1.165, 1.54) is 0 Å². The Hall–Kier alpha value is -2.18. The maximum atomic E-state index is 13.0. The van der Waals surface area contributed by atoms with Crippen LogP contribution in [0.25, 0.3) is 0 Å². The summed E-state index contributed by atoms with van der Waals surface area (Å²) < 4.78 is 27.6. The summed E-state index contributed by atoms with van der Waals surface area (Å²) in [7, 11) is -3.57. The van der Waals surface area contributed by atoms with Gasteiger partial charge in [0.05, 0.1) is 4.90 Å². The van der Waals surface area contributed by atoms with E-state index in [2.05, 4.69) is 0 Å². The Morgan fingerprint density at radius 2 is 1.64 bits per heavy atom. The zero-order valence-corrected chi connectivity index (χ0v) is 14.7. The minimum Gasteiger partial charge on any atom is -0.481 e. The lowest BCUT2D eigenvalue weighted by molar-refractivity contribution is -0.136. The van der Waals surface area contributed by atoms with Gasteiger partial charge in [0, 0.05) is 19.0 Å². The van der Waals surface area contributed by atoms with Crippen LogP contribution in [0.3, 0.4) is 0 Å². The molecule has 0 bridgehead atoms. The molecule has 0 atom stereocenters. The molecule has 0 heterocycles. The summed E-state index contributed by atoms with van der Waals surface area (Å²) in [4.78, 5) is 10.9. The van der Waals surface area contributed by atoms with Crippen LogP contribution < -0.4 is 0 Å². The molecule has 1 aliphatic rings. The number of nitrogens with zero attached hydrogens (tertiary/aromatic N) is 1. The van der Waals surface area contributed by atoms with Gasteiger partial charge in [-0.15, -0.1) is 0 Å². The molecule has 1 saturated carbocycles. The molecule has 5 nitrogen and oxygen atoms in total. The molecule has 0 unspecified atom stereocenters. The van der Waals surface area contributed by atoms with Crippen molar-refractivity contribution in [2.45, 2.75) is 43.2 Å². The highest BCUT2D eigenvalue weighted by molar-refractivity contribution is 7.89. The fraction of sp³-hybridized carbons (Fsp3) is 0.316. The number of hydrogen-bond donors (Lipinski definition) is 1. The summed E-state index contributed by atoms with van der Waals surface area (Å²) in [6, 6.07) is 16.2. The van der Waals surface area contributed by atoms with Crippen molar-refractivity contribution in [1.82, 2.24) is 4.31 Å². The molecule has 0 amide bonds. The first-order chi connectivity index (χ1) is 12.0. The van der Waals surface area contributed by atoms with Gasteiger partial charge in [-0.3, -0.25) is 4.79 Å². The second kappa shape index (κ2) is 7.37. The molecular formula is C19H21NO4S. The zero-order valence-electron chi connectivity index (χ0n) is 13.8. The molecule has 1 N–H and O–H groups in total. The van der Waals surface area contributed by atoms with Gasteiger partial charge in [-0.25, -0.2) is 8.42 Å². The number of benzene rings is 2. The van der Waals surface area contributed by atoms with Gasteiger partial charge in [-0.05, 0) is 42.5 Å². The molecule has 0 spiro atoms. The molecule has 3 rings (SSSR count). The highest BCUT2D eigenvalue weighted by Gasteiger charge is 2.37. The first-order valence-corrected chi connectivity index (χ1v) is 9.77. The third kappa shape index (κ3) is 4.46. The second-order valence-electron chi connectivity index (χ2n) is 6.30. The van der Waals surface area contributed by atoms with E-state index < -0.39 is 16.0 Å². The van der Waals surface area contributed by atoms with Crippen molar-refractivity contribution in [2.75, 3.05) is 0 Å². The summed E-state index contributed by atoms with van der Waals surface area (Å²) in [5, 5.41) is 8.74. The summed E-state index contributed by atoms with van der Waals surface area (Å²) in [5.74, 6) is -0.862. The fourth-order valence-electron chi connectivity index (χ4n) is 2.75. The van der Waals surface area contributed by atoms with Crippen LogP contribution in [0.5, 0.6) is 0 Å². The Kier molecular flexibility index (Phi) is 5.20. The van der Waals surface area contributed by atoms with Gasteiger partial charge >= 0.3 is 5.97 Å². The number of rotatable bonds is 8. The Bertz CT molecular complexity index is 827. The maximum Gasteiger partial charge on any atom is 0.303 e. The van der Waals surface area contributed by atoms with Gasteiger partial charge in [0.15, 0.2) is 0 Å². The Morgan fingerprint density at radius 3 is 2.20 bits per heavy atom. The number of aryl methyl sites for hydroxylation is 1. The van der Waals surface area contributed by atoms with Gasteiger partial charge in [-0.2, -0.15) is 4.31 Å². The van der Waals surface area contributed by atoms with Crippen molar-refractivity contribution in [3.8, 4) is 0 Å². The number of hydrogen-bond acceptors (Lipinski definition) is 3. The van der Waals surface area contributed by atoms with Crippen molar-refractivity contribution in [2.24, 2.45) is 0 Å². The van der Waals surface area contributed by atoms with Crippen LogP contribution in [0.2, 0.25) is 0 Å². The van der Waals surface area contributed by atoms with Crippen LogP contribution in [-0.2, 0) is 27.8 Å². The molecule has 132 valence electrons. The predicted molar refractivity (Wildman–Crippen MR) is 94.6 cm³/mol. The van der Waals surface area contributed by atoms with E-state index in [4.69, 9.17) is 5.11 Å². The smallest absolute Gasteiger partial charge is 0.303 e. The van der Waals surface area contributed by atoms with Crippen molar-refractivity contribution >= 4 is 16.0 Å². The molecule has 2 aromatic carbocycles. The minimum atomic E-state index is -3.57. The average molecular weight is 359 g/mol. The van der Waals surface area contributed by atoms with Crippen molar-refractivity contribution in [1.29, 1.82) is 0 Å². The Morgan fingerprint density at radius 1 is 1.00 bits per heavy atom. The highest BCUT2D eigenvalue weighted by atomic mass is 32.2. The normalized spacial score (nSPS) is 14.6. The monoisotopic (exact) mass is 359 g/mol. The first-order valence-electron chi connectivity index (χ1n) is 8.33. The van der Waals surface area contributed by atoms with Crippen LogP contribution in [0.15, 0.2) is 59.5 Å². The van der Waals surface area contributed by atoms with Crippen molar-refractivity contribution in [3.63, 3.8) is 0 Å². The van der Waals surface area contributed by atoms with E-state index in [9.17, 15) is 13.2 Å². The van der Waals surface area contributed by atoms with Gasteiger partial charge < -0.3 is 5.11 Å². The van der Waals surface area contributed by atoms with Gasteiger partial charge in [0.2, 0.25) is 10.0 Å². The van der Waals surface area contributed by atoms with Crippen molar-refractivity contribution < 1.29 is 18.3 Å². The van der Waals surface area contributed by atoms with Crippen LogP contribution in [0, 0.1) is 0 Å². The quantitative estimate of drug-likeness (QED) is 0.786. The zero-order chi connectivity index (χ0) is 17.9. The molecule has 0 aromatic heterocycles. The molecule has 0 saturated heterocycles. The molecule has 25 heavy (non-hydrogen) atoms. The van der Waals surface area contributed by atoms with E-state index in [1.54, 1.807) is 28.6 Å². The van der Waals surface area contributed by atoms with E-state index in [0.717, 1.165) is 24.0 Å². The molecule has 0 radical (unpaired) electrons. The third-order valence-electron chi connectivity index (χ3n) is 4.29. The van der Waals surface area contributed by atoms with E-state index in [1.807, 2.05) is 30.3 Å². The lowest BCUT2D eigenvalue weighted by atomic mass is 10.1. The Balaban J connectivity index is 1.79. The molecular weight excluding hydrogens is 338 g/mol. The summed E-state index contributed by atoms with van der Waals surface area (Å²) >= 11 is 0. The van der Waals surface area contributed by atoms with Crippen LogP contribution >= 0.6 is 0 Å². The number of sulfonamides is 1. The largest absolute Gasteiger partial charge is 0.481 e. The number of aliphatic carboxylic acids is 1. The third-order valence-corrected chi connectivity index (χ3v) is 6.21. The second-order valence-corrected chi connectivity index (χ2v) is 8.20.